The minimum absolute atomic E-state index is 0.377. The van der Waals surface area contributed by atoms with E-state index >= 15 is 0 Å². The second kappa shape index (κ2) is 6.77. The van der Waals surface area contributed by atoms with Gasteiger partial charge in [0.15, 0.2) is 0 Å². The van der Waals surface area contributed by atoms with E-state index in [0.29, 0.717) is 21.7 Å². The van der Waals surface area contributed by atoms with Crippen LogP contribution >= 0.6 is 0 Å². The van der Waals surface area contributed by atoms with E-state index in [1.165, 1.54) is 6.42 Å². The van der Waals surface area contributed by atoms with Gasteiger partial charge < -0.3 is 0 Å². The van der Waals surface area contributed by atoms with Crippen LogP contribution in [0, 0.1) is 69.0 Å². The van der Waals surface area contributed by atoms with Gasteiger partial charge in [-0.15, -0.1) is 0 Å². The standard InChI is InChI=1S/C27H52/c1-16(15-24(6,7)8)27(14)20(5)17(2)21-18(3)22(25(9,10)11)19(4)23(21)26(27,12)13/h16-23H,15H2,1-14H3/t16-,17-,18-,19-,20+,21+,22-,23-,27+/m1/s1. The Morgan fingerprint density at radius 1 is 0.778 bits per heavy atom. The Kier molecular flexibility index (Phi) is 5.84. The summed E-state index contributed by atoms with van der Waals surface area (Å²) in [6.07, 6.45) is 1.33. The number of rotatable bonds is 2. The first kappa shape index (κ1) is 23.3. The normalized spacial score (nSPS) is 46.2. The highest BCUT2D eigenvalue weighted by Crippen LogP contribution is 2.71. The largest absolute Gasteiger partial charge is 0.0619 e. The van der Waals surface area contributed by atoms with Crippen molar-refractivity contribution in [1.82, 2.24) is 0 Å². The van der Waals surface area contributed by atoms with Gasteiger partial charge in [0.2, 0.25) is 0 Å². The minimum Gasteiger partial charge on any atom is -0.0619 e. The maximum atomic E-state index is 2.67. The Labute approximate surface area is 172 Å². The zero-order valence-corrected chi connectivity index (χ0v) is 21.3. The topological polar surface area (TPSA) is 0 Å². The summed E-state index contributed by atoms with van der Waals surface area (Å²) in [5.74, 6) is 6.56. The van der Waals surface area contributed by atoms with E-state index in [-0.39, 0.29) is 0 Å². The lowest BCUT2D eigenvalue weighted by molar-refractivity contribution is -0.165. The van der Waals surface area contributed by atoms with Gasteiger partial charge in [-0.3, -0.25) is 0 Å². The number of hydrogen-bond donors (Lipinski definition) is 0. The minimum atomic E-state index is 0.377. The summed E-state index contributed by atoms with van der Waals surface area (Å²) in [5, 5.41) is 0. The zero-order chi connectivity index (χ0) is 21.3. The molecule has 0 saturated heterocycles. The van der Waals surface area contributed by atoms with E-state index < -0.39 is 0 Å². The molecule has 160 valence electrons. The van der Waals surface area contributed by atoms with Gasteiger partial charge in [-0.05, 0) is 75.4 Å². The molecular formula is C27H52. The molecule has 0 heterocycles. The monoisotopic (exact) mass is 376 g/mol. The maximum Gasteiger partial charge on any atom is -0.0218 e. The third kappa shape index (κ3) is 3.44. The van der Waals surface area contributed by atoms with Crippen molar-refractivity contribution in [3.05, 3.63) is 0 Å². The third-order valence-electron chi connectivity index (χ3n) is 10.2. The average molecular weight is 377 g/mol. The summed E-state index contributed by atoms with van der Waals surface area (Å²) in [6, 6.07) is 0. The van der Waals surface area contributed by atoms with Crippen LogP contribution in [-0.2, 0) is 0 Å². The summed E-state index contributed by atoms with van der Waals surface area (Å²) in [6.45, 7) is 35.7. The van der Waals surface area contributed by atoms with Crippen molar-refractivity contribution in [3.8, 4) is 0 Å². The van der Waals surface area contributed by atoms with Crippen LogP contribution in [0.15, 0.2) is 0 Å². The van der Waals surface area contributed by atoms with Crippen LogP contribution in [0.4, 0.5) is 0 Å². The number of fused-ring (bicyclic) bond motifs is 1. The molecule has 0 aromatic heterocycles. The van der Waals surface area contributed by atoms with Crippen molar-refractivity contribution in [2.24, 2.45) is 69.0 Å². The van der Waals surface area contributed by atoms with Gasteiger partial charge in [0, 0.05) is 0 Å². The molecule has 2 fully saturated rings. The van der Waals surface area contributed by atoms with Gasteiger partial charge in [0.25, 0.3) is 0 Å². The number of hydrogen-bond acceptors (Lipinski definition) is 0. The Morgan fingerprint density at radius 2 is 1.26 bits per heavy atom. The molecule has 2 rings (SSSR count). The van der Waals surface area contributed by atoms with Gasteiger partial charge in [0.1, 0.15) is 0 Å². The highest BCUT2D eigenvalue weighted by Gasteiger charge is 2.66. The Balaban J connectivity index is 2.56. The molecular weight excluding hydrogens is 324 g/mol. The SMILES string of the molecule is C[C@@H]1[C@@H]2[C@H](C)[C@H](C)[C@](C)([C@H](C)CC(C)(C)C)C(C)(C)[C@@H]2[C@H](C)[C@@H]1C(C)(C)C. The van der Waals surface area contributed by atoms with Crippen LogP contribution in [0.1, 0.15) is 103 Å². The second-order valence-electron chi connectivity index (χ2n) is 14.0. The first-order chi connectivity index (χ1) is 11.9. The van der Waals surface area contributed by atoms with Crippen molar-refractivity contribution >= 4 is 0 Å². The molecule has 2 saturated carbocycles. The lowest BCUT2D eigenvalue weighted by atomic mass is 9.40. The molecule has 0 bridgehead atoms. The third-order valence-corrected chi connectivity index (χ3v) is 10.2. The van der Waals surface area contributed by atoms with Crippen LogP contribution < -0.4 is 0 Å². The van der Waals surface area contributed by atoms with Crippen LogP contribution in [0.25, 0.3) is 0 Å². The molecule has 0 heteroatoms. The fourth-order valence-electron chi connectivity index (χ4n) is 9.18. The van der Waals surface area contributed by atoms with Gasteiger partial charge in [-0.2, -0.15) is 0 Å². The van der Waals surface area contributed by atoms with Gasteiger partial charge in [0.05, 0.1) is 0 Å². The lowest BCUT2D eigenvalue weighted by Gasteiger charge is -2.64. The van der Waals surface area contributed by atoms with E-state index in [9.17, 15) is 0 Å². The van der Waals surface area contributed by atoms with Gasteiger partial charge in [-0.25, -0.2) is 0 Å². The molecule has 0 unspecified atom stereocenters. The van der Waals surface area contributed by atoms with Crippen molar-refractivity contribution in [2.45, 2.75) is 103 Å². The molecule has 0 N–H and O–H groups in total. The summed E-state index contributed by atoms with van der Waals surface area (Å²) in [5.41, 5.74) is 1.58. The summed E-state index contributed by atoms with van der Waals surface area (Å²) in [4.78, 5) is 0. The molecule has 0 aromatic carbocycles. The van der Waals surface area contributed by atoms with Crippen LogP contribution in [0.2, 0.25) is 0 Å². The molecule has 0 aromatic rings. The van der Waals surface area contributed by atoms with Gasteiger partial charge in [-0.1, -0.05) is 96.9 Å². The molecule has 9 atom stereocenters. The summed E-state index contributed by atoms with van der Waals surface area (Å²) >= 11 is 0. The molecule has 0 amide bonds. The molecule has 0 nitrogen and oxygen atoms in total. The fourth-order valence-corrected chi connectivity index (χ4v) is 9.18. The lowest BCUT2D eigenvalue weighted by Crippen LogP contribution is -2.59. The molecule has 27 heavy (non-hydrogen) atoms. The van der Waals surface area contributed by atoms with Crippen molar-refractivity contribution in [1.29, 1.82) is 0 Å². The Bertz CT molecular complexity index is 527. The van der Waals surface area contributed by atoms with E-state index in [2.05, 4.69) is 96.9 Å². The zero-order valence-electron chi connectivity index (χ0n) is 21.3. The maximum absolute atomic E-state index is 2.67. The van der Waals surface area contributed by atoms with Crippen LogP contribution in [0.5, 0.6) is 0 Å². The quantitative estimate of drug-likeness (QED) is 0.452. The van der Waals surface area contributed by atoms with Crippen LogP contribution in [-0.4, -0.2) is 0 Å². The summed E-state index contributed by atoms with van der Waals surface area (Å²) < 4.78 is 0. The summed E-state index contributed by atoms with van der Waals surface area (Å²) in [7, 11) is 0. The van der Waals surface area contributed by atoms with Gasteiger partial charge >= 0.3 is 0 Å². The average Bonchev–Trinajstić information content (AvgIpc) is 2.72. The molecule has 0 aliphatic heterocycles. The molecule has 2 aliphatic carbocycles. The predicted octanol–water partition coefficient (Wildman–Crippen LogP) is 8.56. The molecule has 0 radical (unpaired) electrons. The molecule has 0 spiro atoms. The van der Waals surface area contributed by atoms with Crippen LogP contribution in [0.3, 0.4) is 0 Å². The smallest absolute Gasteiger partial charge is 0.0218 e. The highest BCUT2D eigenvalue weighted by molar-refractivity contribution is 5.14. The van der Waals surface area contributed by atoms with E-state index in [4.69, 9.17) is 0 Å². The highest BCUT2D eigenvalue weighted by atomic mass is 14.7. The molecule has 2 aliphatic rings. The second-order valence-corrected chi connectivity index (χ2v) is 14.0. The van der Waals surface area contributed by atoms with E-state index in [1.54, 1.807) is 0 Å². The Hall–Kier alpha value is 0. The first-order valence-electron chi connectivity index (χ1n) is 11.9. The first-order valence-corrected chi connectivity index (χ1v) is 11.9. The predicted molar refractivity (Wildman–Crippen MR) is 122 cm³/mol. The van der Waals surface area contributed by atoms with Crippen molar-refractivity contribution in [2.75, 3.05) is 0 Å². The van der Waals surface area contributed by atoms with Crippen molar-refractivity contribution < 1.29 is 0 Å². The van der Waals surface area contributed by atoms with Crippen molar-refractivity contribution in [3.63, 3.8) is 0 Å². The van der Waals surface area contributed by atoms with E-state index in [0.717, 1.165) is 47.3 Å². The van der Waals surface area contributed by atoms with E-state index in [1.807, 2.05) is 0 Å². The fraction of sp³-hybridized carbons (Fsp3) is 1.00. The Morgan fingerprint density at radius 3 is 1.67 bits per heavy atom.